The van der Waals surface area contributed by atoms with E-state index in [9.17, 15) is 13.2 Å². The summed E-state index contributed by atoms with van der Waals surface area (Å²) in [6, 6.07) is 5.97. The molecule has 0 saturated carbocycles. The van der Waals surface area contributed by atoms with Crippen LogP contribution < -0.4 is 5.32 Å². The van der Waals surface area contributed by atoms with E-state index in [-0.39, 0.29) is 5.13 Å². The molecule has 0 spiro atoms. The zero-order valence-corrected chi connectivity index (χ0v) is 12.4. The summed E-state index contributed by atoms with van der Waals surface area (Å²) in [6.45, 7) is 2.42. The van der Waals surface area contributed by atoms with E-state index < -0.39 is 11.2 Å². The highest BCUT2D eigenvalue weighted by molar-refractivity contribution is 7.98. The summed E-state index contributed by atoms with van der Waals surface area (Å²) < 4.78 is 37.2. The smallest absolute Gasteiger partial charge is 0.356 e. The van der Waals surface area contributed by atoms with Gasteiger partial charge in [0.25, 0.3) is 0 Å². The van der Waals surface area contributed by atoms with E-state index >= 15 is 0 Å². The SMILES string of the molecule is CSc1cc(C)ccc1CNc1nnc(C(F)(F)F)s1. The highest BCUT2D eigenvalue weighted by Crippen LogP contribution is 2.33. The van der Waals surface area contributed by atoms with Crippen molar-refractivity contribution in [2.75, 3.05) is 11.6 Å². The maximum atomic E-state index is 12.4. The lowest BCUT2D eigenvalue weighted by atomic mass is 10.1. The summed E-state index contributed by atoms with van der Waals surface area (Å²) in [4.78, 5) is 1.10. The number of halogens is 3. The predicted octanol–water partition coefficient (Wildman–Crippen LogP) is 4.20. The molecule has 20 heavy (non-hydrogen) atoms. The summed E-state index contributed by atoms with van der Waals surface area (Å²) in [5, 5.41) is 8.75. The Bertz CT molecular complexity index is 596. The topological polar surface area (TPSA) is 37.8 Å². The molecular weight excluding hydrogens is 307 g/mol. The quantitative estimate of drug-likeness (QED) is 0.857. The summed E-state index contributed by atoms with van der Waals surface area (Å²) in [6.07, 6.45) is -2.48. The first-order chi connectivity index (χ1) is 9.40. The second kappa shape index (κ2) is 6.01. The highest BCUT2D eigenvalue weighted by atomic mass is 32.2. The molecule has 1 heterocycles. The molecule has 8 heteroatoms. The molecular formula is C12H12F3N3S2. The van der Waals surface area contributed by atoms with Gasteiger partial charge in [0.2, 0.25) is 10.1 Å². The number of aromatic nitrogens is 2. The van der Waals surface area contributed by atoms with Crippen LogP contribution in [0, 0.1) is 6.92 Å². The molecule has 2 aromatic rings. The van der Waals surface area contributed by atoms with Crippen LogP contribution in [0.1, 0.15) is 16.1 Å². The molecule has 1 N–H and O–H groups in total. The van der Waals surface area contributed by atoms with Crippen molar-refractivity contribution in [1.82, 2.24) is 10.2 Å². The van der Waals surface area contributed by atoms with E-state index in [1.165, 1.54) is 0 Å². The fourth-order valence-electron chi connectivity index (χ4n) is 1.58. The number of anilines is 1. The molecule has 0 aliphatic heterocycles. The van der Waals surface area contributed by atoms with Gasteiger partial charge < -0.3 is 5.32 Å². The van der Waals surface area contributed by atoms with Gasteiger partial charge in [0.05, 0.1) is 0 Å². The van der Waals surface area contributed by atoms with Crippen molar-refractivity contribution in [3.8, 4) is 0 Å². The lowest BCUT2D eigenvalue weighted by Crippen LogP contribution is -2.03. The number of hydrogen-bond donors (Lipinski definition) is 1. The minimum Gasteiger partial charge on any atom is -0.356 e. The first-order valence-electron chi connectivity index (χ1n) is 5.68. The third-order valence-corrected chi connectivity index (χ3v) is 4.29. The Hall–Kier alpha value is -1.28. The van der Waals surface area contributed by atoms with Gasteiger partial charge in [-0.2, -0.15) is 13.2 Å². The number of nitrogens with zero attached hydrogens (tertiary/aromatic N) is 2. The summed E-state index contributed by atoms with van der Waals surface area (Å²) in [5.41, 5.74) is 2.17. The lowest BCUT2D eigenvalue weighted by Gasteiger charge is -2.08. The van der Waals surface area contributed by atoms with Gasteiger partial charge in [0.1, 0.15) is 0 Å². The van der Waals surface area contributed by atoms with Crippen LogP contribution in [0.25, 0.3) is 0 Å². The van der Waals surface area contributed by atoms with Gasteiger partial charge in [0, 0.05) is 11.4 Å². The fraction of sp³-hybridized carbons (Fsp3) is 0.333. The van der Waals surface area contributed by atoms with Gasteiger partial charge in [-0.05, 0) is 30.4 Å². The molecule has 0 aliphatic rings. The number of rotatable bonds is 4. The Morgan fingerprint density at radius 1 is 1.30 bits per heavy atom. The van der Waals surface area contributed by atoms with Gasteiger partial charge in [-0.25, -0.2) is 0 Å². The minimum atomic E-state index is -4.44. The number of nitrogens with one attached hydrogen (secondary N) is 1. The zero-order valence-electron chi connectivity index (χ0n) is 10.8. The van der Waals surface area contributed by atoms with Crippen LogP contribution in [-0.4, -0.2) is 16.5 Å². The van der Waals surface area contributed by atoms with E-state index in [1.54, 1.807) is 11.8 Å². The molecule has 108 valence electrons. The number of alkyl halides is 3. The van der Waals surface area contributed by atoms with E-state index in [1.807, 2.05) is 31.4 Å². The third kappa shape index (κ3) is 3.63. The van der Waals surface area contributed by atoms with Crippen molar-refractivity contribution in [3.63, 3.8) is 0 Å². The highest BCUT2D eigenvalue weighted by Gasteiger charge is 2.35. The molecule has 0 amide bonds. The lowest BCUT2D eigenvalue weighted by molar-refractivity contribution is -0.138. The third-order valence-electron chi connectivity index (χ3n) is 2.54. The normalized spacial score (nSPS) is 11.7. The van der Waals surface area contributed by atoms with E-state index in [0.29, 0.717) is 17.9 Å². The van der Waals surface area contributed by atoms with Crippen LogP contribution in [0.5, 0.6) is 0 Å². The second-order valence-electron chi connectivity index (χ2n) is 4.08. The van der Waals surface area contributed by atoms with Crippen molar-refractivity contribution >= 4 is 28.2 Å². The summed E-state index contributed by atoms with van der Waals surface area (Å²) >= 11 is 2.11. The molecule has 0 unspecified atom stereocenters. The molecule has 1 aromatic carbocycles. The standard InChI is InChI=1S/C12H12F3N3S2/c1-7-3-4-8(9(5-7)19-2)6-16-11-18-17-10(20-11)12(13,14)15/h3-5H,6H2,1-2H3,(H,16,18). The first-order valence-corrected chi connectivity index (χ1v) is 7.72. The van der Waals surface area contributed by atoms with E-state index in [0.717, 1.165) is 16.0 Å². The van der Waals surface area contributed by atoms with Crippen molar-refractivity contribution < 1.29 is 13.2 Å². The van der Waals surface area contributed by atoms with Crippen molar-refractivity contribution in [2.24, 2.45) is 0 Å². The number of thioether (sulfide) groups is 1. The van der Waals surface area contributed by atoms with Crippen LogP contribution in [-0.2, 0) is 12.7 Å². The molecule has 0 fully saturated rings. The molecule has 0 radical (unpaired) electrons. The zero-order chi connectivity index (χ0) is 14.8. The summed E-state index contributed by atoms with van der Waals surface area (Å²) in [5.74, 6) is 0. The van der Waals surface area contributed by atoms with Crippen molar-refractivity contribution in [3.05, 3.63) is 34.3 Å². The van der Waals surface area contributed by atoms with Crippen LogP contribution in [0.3, 0.4) is 0 Å². The van der Waals surface area contributed by atoms with Crippen LogP contribution in [0.2, 0.25) is 0 Å². The Morgan fingerprint density at radius 2 is 2.05 bits per heavy atom. The Morgan fingerprint density at radius 3 is 2.65 bits per heavy atom. The Kier molecular flexibility index (Phi) is 4.54. The Labute approximate surface area is 122 Å². The monoisotopic (exact) mass is 319 g/mol. The molecule has 0 atom stereocenters. The van der Waals surface area contributed by atoms with Crippen LogP contribution in [0.15, 0.2) is 23.1 Å². The number of benzene rings is 1. The maximum absolute atomic E-state index is 12.4. The van der Waals surface area contributed by atoms with Gasteiger partial charge in [-0.1, -0.05) is 23.5 Å². The number of aryl methyl sites for hydroxylation is 1. The minimum absolute atomic E-state index is 0.171. The van der Waals surface area contributed by atoms with Crippen LogP contribution >= 0.6 is 23.1 Å². The predicted molar refractivity (Wildman–Crippen MR) is 75.2 cm³/mol. The van der Waals surface area contributed by atoms with Gasteiger partial charge in [0.15, 0.2) is 0 Å². The average Bonchev–Trinajstić information content (AvgIpc) is 2.86. The van der Waals surface area contributed by atoms with Crippen molar-refractivity contribution in [1.29, 1.82) is 0 Å². The van der Waals surface area contributed by atoms with Gasteiger partial charge in [-0.3, -0.25) is 0 Å². The molecule has 3 nitrogen and oxygen atoms in total. The largest absolute Gasteiger partial charge is 0.445 e. The number of hydrogen-bond acceptors (Lipinski definition) is 5. The van der Waals surface area contributed by atoms with E-state index in [2.05, 4.69) is 15.5 Å². The first kappa shape index (κ1) is 15.1. The fourth-order valence-corrected chi connectivity index (χ4v) is 2.89. The Balaban J connectivity index is 2.07. The van der Waals surface area contributed by atoms with E-state index in [4.69, 9.17) is 0 Å². The molecule has 2 rings (SSSR count). The maximum Gasteiger partial charge on any atom is 0.445 e. The second-order valence-corrected chi connectivity index (χ2v) is 5.90. The molecule has 0 bridgehead atoms. The van der Waals surface area contributed by atoms with Crippen LogP contribution in [0.4, 0.5) is 18.3 Å². The molecule has 1 aromatic heterocycles. The van der Waals surface area contributed by atoms with Gasteiger partial charge in [-0.15, -0.1) is 22.0 Å². The molecule has 0 aliphatic carbocycles. The average molecular weight is 319 g/mol. The van der Waals surface area contributed by atoms with Crippen molar-refractivity contribution in [2.45, 2.75) is 24.5 Å². The van der Waals surface area contributed by atoms with Gasteiger partial charge >= 0.3 is 6.18 Å². The molecule has 0 saturated heterocycles. The summed E-state index contributed by atoms with van der Waals surface area (Å²) in [7, 11) is 0.